The molecule has 54 valence electrons. The summed E-state index contributed by atoms with van der Waals surface area (Å²) in [5.41, 5.74) is 2.26. The minimum atomic E-state index is 1.07. The third kappa shape index (κ3) is 5.10. The second-order valence-electron chi connectivity index (χ2n) is 2.33. The number of hydrogen-bond donors (Lipinski definition) is 0. The fourth-order valence-corrected chi connectivity index (χ4v) is 0.515. The van der Waals surface area contributed by atoms with Crippen molar-refractivity contribution in [1.82, 2.24) is 0 Å². The molecule has 0 radical (unpaired) electrons. The van der Waals surface area contributed by atoms with Gasteiger partial charge in [0.05, 0.1) is 0 Å². The number of rotatable bonds is 3. The fourth-order valence-electron chi connectivity index (χ4n) is 0.515. The smallest absolute Gasteiger partial charge is 0.0398 e. The van der Waals surface area contributed by atoms with Crippen LogP contribution in [0.4, 0.5) is 0 Å². The van der Waals surface area contributed by atoms with E-state index in [0.29, 0.717) is 0 Å². The van der Waals surface area contributed by atoms with Crippen molar-refractivity contribution in [2.75, 3.05) is 0 Å². The molecular weight excluding hydrogens is 120 g/mol. The summed E-state index contributed by atoms with van der Waals surface area (Å²) in [6, 6.07) is 0. The molecule has 0 amide bonds. The number of allylic oxidation sites excluding steroid dienone is 6. The van der Waals surface area contributed by atoms with Crippen molar-refractivity contribution in [2.24, 2.45) is 0 Å². The number of hydrogen-bond acceptors (Lipinski definition) is 0. The lowest BCUT2D eigenvalue weighted by Gasteiger charge is -1.87. The van der Waals surface area contributed by atoms with Crippen LogP contribution in [0.2, 0.25) is 0 Å². The summed E-state index contributed by atoms with van der Waals surface area (Å²) in [6.45, 7) is 11.3. The Labute approximate surface area is 63.3 Å². The molecule has 0 aromatic heterocycles. The normalized spacial score (nSPS) is 12.0. The molecule has 10 heavy (non-hydrogen) atoms. The quantitative estimate of drug-likeness (QED) is 0.520. The van der Waals surface area contributed by atoms with Gasteiger partial charge in [-0.25, -0.2) is 0 Å². The molecule has 0 aliphatic rings. The molecule has 0 saturated heterocycles. The molecule has 0 unspecified atom stereocenters. The minimum Gasteiger partial charge on any atom is -0.0991 e. The Morgan fingerprint density at radius 3 is 2.20 bits per heavy atom. The Hall–Kier alpha value is -1.04. The molecule has 0 N–H and O–H groups in total. The molecule has 0 saturated carbocycles. The van der Waals surface area contributed by atoms with E-state index < -0.39 is 0 Å². The maximum absolute atomic E-state index is 3.75. The average molecular weight is 134 g/mol. The SMILES string of the molecule is C=C/C=C(C)\C=C/C(=C)C. The average Bonchev–Trinajstić information content (AvgIpc) is 1.85. The highest BCUT2D eigenvalue weighted by Crippen LogP contribution is 1.98. The topological polar surface area (TPSA) is 0 Å². The van der Waals surface area contributed by atoms with Crippen LogP contribution in [0.1, 0.15) is 13.8 Å². The van der Waals surface area contributed by atoms with Gasteiger partial charge >= 0.3 is 0 Å². The van der Waals surface area contributed by atoms with E-state index in [0.717, 1.165) is 5.57 Å². The lowest BCUT2D eigenvalue weighted by atomic mass is 10.2. The minimum absolute atomic E-state index is 1.07. The Bertz CT molecular complexity index is 180. The van der Waals surface area contributed by atoms with Crippen LogP contribution < -0.4 is 0 Å². The molecule has 0 aliphatic heterocycles. The zero-order valence-corrected chi connectivity index (χ0v) is 6.72. The van der Waals surface area contributed by atoms with Gasteiger partial charge in [-0.15, -0.1) is 0 Å². The molecule has 0 atom stereocenters. The molecule has 0 spiro atoms. The molecule has 0 bridgehead atoms. The van der Waals surface area contributed by atoms with Crippen LogP contribution >= 0.6 is 0 Å². The van der Waals surface area contributed by atoms with Gasteiger partial charge in [0.15, 0.2) is 0 Å². The van der Waals surface area contributed by atoms with Gasteiger partial charge in [-0.3, -0.25) is 0 Å². The van der Waals surface area contributed by atoms with Gasteiger partial charge in [0.1, 0.15) is 0 Å². The monoisotopic (exact) mass is 134 g/mol. The first-order chi connectivity index (χ1) is 4.66. The molecule has 0 aromatic rings. The van der Waals surface area contributed by atoms with Crippen LogP contribution in [0.5, 0.6) is 0 Å². The van der Waals surface area contributed by atoms with Gasteiger partial charge in [-0.1, -0.05) is 48.6 Å². The van der Waals surface area contributed by atoms with E-state index in [1.54, 1.807) is 6.08 Å². The first-order valence-corrected chi connectivity index (χ1v) is 3.29. The largest absolute Gasteiger partial charge is 0.0991 e. The van der Waals surface area contributed by atoms with Gasteiger partial charge in [0, 0.05) is 0 Å². The molecular formula is C10H14. The first kappa shape index (κ1) is 8.96. The standard InChI is InChI=1S/C10H14/c1-5-6-10(4)8-7-9(2)3/h5-8H,1-2H2,3-4H3/b8-7-,10-6-. The summed E-state index contributed by atoms with van der Waals surface area (Å²) in [5.74, 6) is 0. The fraction of sp³-hybridized carbons (Fsp3) is 0.200. The third-order valence-corrected chi connectivity index (χ3v) is 1.01. The van der Waals surface area contributed by atoms with Crippen LogP contribution in [-0.4, -0.2) is 0 Å². The highest BCUT2D eigenvalue weighted by Gasteiger charge is 1.77. The highest BCUT2D eigenvalue weighted by atomic mass is 13.8. The summed E-state index contributed by atoms with van der Waals surface area (Å²) in [4.78, 5) is 0. The van der Waals surface area contributed by atoms with Crippen LogP contribution in [-0.2, 0) is 0 Å². The van der Waals surface area contributed by atoms with Crippen molar-refractivity contribution in [3.8, 4) is 0 Å². The van der Waals surface area contributed by atoms with Crippen molar-refractivity contribution in [3.05, 3.63) is 48.6 Å². The second kappa shape index (κ2) is 4.80. The van der Waals surface area contributed by atoms with Crippen LogP contribution in [0.15, 0.2) is 48.6 Å². The molecule has 0 heteroatoms. The van der Waals surface area contributed by atoms with Gasteiger partial charge in [0.2, 0.25) is 0 Å². The van der Waals surface area contributed by atoms with Crippen LogP contribution in [0, 0.1) is 0 Å². The molecule has 0 fully saturated rings. The molecule has 0 heterocycles. The van der Waals surface area contributed by atoms with E-state index in [-0.39, 0.29) is 0 Å². The predicted molar refractivity (Wildman–Crippen MR) is 47.9 cm³/mol. The Morgan fingerprint density at radius 2 is 1.80 bits per heavy atom. The lowest BCUT2D eigenvalue weighted by Crippen LogP contribution is -1.66. The van der Waals surface area contributed by atoms with Crippen molar-refractivity contribution < 1.29 is 0 Å². The zero-order chi connectivity index (χ0) is 7.98. The maximum atomic E-state index is 3.75. The highest BCUT2D eigenvalue weighted by molar-refractivity contribution is 5.25. The Kier molecular flexibility index (Phi) is 4.30. The summed E-state index contributed by atoms with van der Waals surface area (Å²) in [5, 5.41) is 0. The van der Waals surface area contributed by atoms with Crippen molar-refractivity contribution >= 4 is 0 Å². The first-order valence-electron chi connectivity index (χ1n) is 3.29. The van der Waals surface area contributed by atoms with E-state index in [2.05, 4.69) is 13.2 Å². The molecule has 0 nitrogen and oxygen atoms in total. The van der Waals surface area contributed by atoms with Gasteiger partial charge in [-0.2, -0.15) is 0 Å². The van der Waals surface area contributed by atoms with E-state index in [4.69, 9.17) is 0 Å². The van der Waals surface area contributed by atoms with Gasteiger partial charge in [-0.05, 0) is 13.8 Å². The van der Waals surface area contributed by atoms with Crippen LogP contribution in [0.25, 0.3) is 0 Å². The molecule has 0 aliphatic carbocycles. The summed E-state index contributed by atoms with van der Waals surface area (Å²) < 4.78 is 0. The second-order valence-corrected chi connectivity index (χ2v) is 2.33. The summed E-state index contributed by atoms with van der Waals surface area (Å²) >= 11 is 0. The summed E-state index contributed by atoms with van der Waals surface area (Å²) in [6.07, 6.45) is 7.73. The van der Waals surface area contributed by atoms with Gasteiger partial charge in [0.25, 0.3) is 0 Å². The van der Waals surface area contributed by atoms with E-state index >= 15 is 0 Å². The van der Waals surface area contributed by atoms with E-state index in [9.17, 15) is 0 Å². The third-order valence-electron chi connectivity index (χ3n) is 1.01. The lowest BCUT2D eigenvalue weighted by molar-refractivity contribution is 1.48. The molecule has 0 aromatic carbocycles. The van der Waals surface area contributed by atoms with Crippen molar-refractivity contribution in [3.63, 3.8) is 0 Å². The van der Waals surface area contributed by atoms with E-state index in [1.807, 2.05) is 32.1 Å². The zero-order valence-electron chi connectivity index (χ0n) is 6.72. The van der Waals surface area contributed by atoms with Crippen LogP contribution in [0.3, 0.4) is 0 Å². The summed E-state index contributed by atoms with van der Waals surface area (Å²) in [7, 11) is 0. The predicted octanol–water partition coefficient (Wildman–Crippen LogP) is 3.25. The van der Waals surface area contributed by atoms with Crippen molar-refractivity contribution in [2.45, 2.75) is 13.8 Å². The maximum Gasteiger partial charge on any atom is -0.0398 e. The van der Waals surface area contributed by atoms with Crippen molar-refractivity contribution in [1.29, 1.82) is 0 Å². The Morgan fingerprint density at radius 1 is 1.20 bits per heavy atom. The molecule has 0 rings (SSSR count). The van der Waals surface area contributed by atoms with Gasteiger partial charge < -0.3 is 0 Å². The Balaban J connectivity index is 4.01. The van der Waals surface area contributed by atoms with E-state index in [1.165, 1.54) is 5.57 Å².